The summed E-state index contributed by atoms with van der Waals surface area (Å²) in [6.07, 6.45) is 1.57. The zero-order chi connectivity index (χ0) is 13.4. The average molecular weight is 254 g/mol. The van der Waals surface area contributed by atoms with Gasteiger partial charge in [-0.1, -0.05) is 30.3 Å². The fourth-order valence-electron chi connectivity index (χ4n) is 2.05. The first-order valence-corrected chi connectivity index (χ1v) is 6.20. The first-order valence-electron chi connectivity index (χ1n) is 6.20. The number of hydrogen-bond donors (Lipinski definition) is 1. The third-order valence-electron chi connectivity index (χ3n) is 3.00. The lowest BCUT2D eigenvalue weighted by Gasteiger charge is -2.07. The van der Waals surface area contributed by atoms with Gasteiger partial charge in [-0.05, 0) is 13.8 Å². The van der Waals surface area contributed by atoms with E-state index in [0.717, 1.165) is 5.56 Å². The maximum atomic E-state index is 12.1. The van der Waals surface area contributed by atoms with Crippen molar-refractivity contribution in [3.8, 4) is 11.4 Å². The highest BCUT2D eigenvalue weighted by Crippen LogP contribution is 2.17. The summed E-state index contributed by atoms with van der Waals surface area (Å²) in [6.45, 7) is 4.02. The van der Waals surface area contributed by atoms with Gasteiger partial charge in [0.15, 0.2) is 5.65 Å². The molecule has 0 radical (unpaired) electrons. The molecule has 1 N–H and O–H groups in total. The molecule has 0 aliphatic heterocycles. The first kappa shape index (κ1) is 11.6. The van der Waals surface area contributed by atoms with Crippen LogP contribution in [0.25, 0.3) is 22.4 Å². The van der Waals surface area contributed by atoms with Gasteiger partial charge in [0.05, 0.1) is 6.20 Å². The molecule has 3 aromatic rings. The molecule has 2 heterocycles. The Hall–Kier alpha value is -2.43. The molecule has 3 rings (SSSR count). The predicted molar refractivity (Wildman–Crippen MR) is 74.0 cm³/mol. The highest BCUT2D eigenvalue weighted by atomic mass is 16.1. The Kier molecular flexibility index (Phi) is 2.67. The highest BCUT2D eigenvalue weighted by Gasteiger charge is 2.12. The summed E-state index contributed by atoms with van der Waals surface area (Å²) in [4.78, 5) is 19.4. The fraction of sp³-hybridized carbons (Fsp3) is 0.214. The molecule has 0 spiro atoms. The molecule has 5 nitrogen and oxygen atoms in total. The minimum atomic E-state index is -0.157. The van der Waals surface area contributed by atoms with Gasteiger partial charge in [-0.2, -0.15) is 5.10 Å². The Balaban J connectivity index is 2.29. The molecule has 5 heteroatoms. The minimum absolute atomic E-state index is 0.157. The molecule has 0 saturated carbocycles. The van der Waals surface area contributed by atoms with Gasteiger partial charge in [-0.15, -0.1) is 0 Å². The van der Waals surface area contributed by atoms with Crippen molar-refractivity contribution in [3.05, 3.63) is 46.9 Å². The molecule has 0 atom stereocenters. The van der Waals surface area contributed by atoms with E-state index < -0.39 is 0 Å². The molecule has 0 aliphatic carbocycles. The Morgan fingerprint density at radius 2 is 1.95 bits per heavy atom. The molecule has 19 heavy (non-hydrogen) atoms. The van der Waals surface area contributed by atoms with Gasteiger partial charge >= 0.3 is 0 Å². The number of aromatic nitrogens is 4. The number of benzene rings is 1. The lowest BCUT2D eigenvalue weighted by Crippen LogP contribution is -2.11. The smallest absolute Gasteiger partial charge is 0.262 e. The van der Waals surface area contributed by atoms with Crippen molar-refractivity contribution in [2.45, 2.75) is 19.9 Å². The van der Waals surface area contributed by atoms with E-state index in [0.29, 0.717) is 16.9 Å². The van der Waals surface area contributed by atoms with Gasteiger partial charge in [-0.3, -0.25) is 4.79 Å². The van der Waals surface area contributed by atoms with Crippen molar-refractivity contribution in [2.75, 3.05) is 0 Å². The predicted octanol–water partition coefficient (Wildman–Crippen LogP) is 2.37. The van der Waals surface area contributed by atoms with Gasteiger partial charge in [0.25, 0.3) is 5.56 Å². The molecule has 2 aromatic heterocycles. The quantitative estimate of drug-likeness (QED) is 0.763. The largest absolute Gasteiger partial charge is 0.306 e. The van der Waals surface area contributed by atoms with Crippen molar-refractivity contribution in [3.63, 3.8) is 0 Å². The van der Waals surface area contributed by atoms with Gasteiger partial charge in [0.1, 0.15) is 11.2 Å². The van der Waals surface area contributed by atoms with Crippen molar-refractivity contribution in [1.29, 1.82) is 0 Å². The van der Waals surface area contributed by atoms with E-state index in [4.69, 9.17) is 0 Å². The Morgan fingerprint density at radius 1 is 1.21 bits per heavy atom. The molecule has 0 saturated heterocycles. The summed E-state index contributed by atoms with van der Waals surface area (Å²) in [5.74, 6) is 0.570. The molecular weight excluding hydrogens is 240 g/mol. The third kappa shape index (κ3) is 1.93. The SMILES string of the molecule is CC(C)n1ncc2c(=O)[nH]c(-c3ccccc3)nc21. The van der Waals surface area contributed by atoms with Crippen LogP contribution in [0, 0.1) is 0 Å². The number of nitrogens with zero attached hydrogens (tertiary/aromatic N) is 3. The van der Waals surface area contributed by atoms with Gasteiger partial charge < -0.3 is 4.98 Å². The monoisotopic (exact) mass is 254 g/mol. The van der Waals surface area contributed by atoms with Gasteiger partial charge in [-0.25, -0.2) is 9.67 Å². The van der Waals surface area contributed by atoms with E-state index in [1.165, 1.54) is 0 Å². The average Bonchev–Trinajstić information content (AvgIpc) is 2.84. The summed E-state index contributed by atoms with van der Waals surface area (Å²) in [7, 11) is 0. The van der Waals surface area contributed by atoms with E-state index >= 15 is 0 Å². The number of aromatic amines is 1. The molecule has 0 aliphatic rings. The molecule has 0 bridgehead atoms. The number of rotatable bonds is 2. The van der Waals surface area contributed by atoms with E-state index in [9.17, 15) is 4.79 Å². The van der Waals surface area contributed by atoms with Crippen LogP contribution in [0.2, 0.25) is 0 Å². The Bertz CT molecular complexity index is 771. The van der Waals surface area contributed by atoms with Gasteiger partial charge in [0, 0.05) is 11.6 Å². The molecule has 1 aromatic carbocycles. The molecule has 0 amide bonds. The first-order chi connectivity index (χ1) is 9.16. The zero-order valence-electron chi connectivity index (χ0n) is 10.8. The topological polar surface area (TPSA) is 63.6 Å². The van der Waals surface area contributed by atoms with Crippen molar-refractivity contribution < 1.29 is 0 Å². The molecule has 0 fully saturated rings. The second kappa shape index (κ2) is 4.35. The lowest BCUT2D eigenvalue weighted by atomic mass is 10.2. The van der Waals surface area contributed by atoms with Crippen LogP contribution < -0.4 is 5.56 Å². The summed E-state index contributed by atoms with van der Waals surface area (Å²) >= 11 is 0. The van der Waals surface area contributed by atoms with Crippen LogP contribution in [-0.4, -0.2) is 19.7 Å². The van der Waals surface area contributed by atoms with Crippen LogP contribution in [0.3, 0.4) is 0 Å². The van der Waals surface area contributed by atoms with Crippen LogP contribution >= 0.6 is 0 Å². The normalized spacial score (nSPS) is 11.3. The second-order valence-electron chi connectivity index (χ2n) is 4.70. The molecule has 0 unspecified atom stereocenters. The summed E-state index contributed by atoms with van der Waals surface area (Å²) in [5.41, 5.74) is 1.35. The van der Waals surface area contributed by atoms with Crippen molar-refractivity contribution in [1.82, 2.24) is 19.7 Å². The minimum Gasteiger partial charge on any atom is -0.306 e. The molecule has 96 valence electrons. The molecular formula is C14H14N4O. The highest BCUT2D eigenvalue weighted by molar-refractivity contribution is 5.75. The zero-order valence-corrected chi connectivity index (χ0v) is 10.8. The second-order valence-corrected chi connectivity index (χ2v) is 4.70. The van der Waals surface area contributed by atoms with Gasteiger partial charge in [0.2, 0.25) is 0 Å². The Morgan fingerprint density at radius 3 is 2.63 bits per heavy atom. The Labute approximate surface area is 109 Å². The van der Waals surface area contributed by atoms with Crippen LogP contribution in [-0.2, 0) is 0 Å². The maximum Gasteiger partial charge on any atom is 0.262 e. The number of fused-ring (bicyclic) bond motifs is 1. The van der Waals surface area contributed by atoms with Crippen LogP contribution in [0.4, 0.5) is 0 Å². The number of H-pyrrole nitrogens is 1. The van der Waals surface area contributed by atoms with E-state index in [2.05, 4.69) is 15.1 Å². The van der Waals surface area contributed by atoms with E-state index in [1.54, 1.807) is 10.9 Å². The number of hydrogen-bond acceptors (Lipinski definition) is 3. The summed E-state index contributed by atoms with van der Waals surface area (Å²) < 4.78 is 1.76. The van der Waals surface area contributed by atoms with E-state index in [-0.39, 0.29) is 11.6 Å². The van der Waals surface area contributed by atoms with Crippen molar-refractivity contribution in [2.24, 2.45) is 0 Å². The lowest BCUT2D eigenvalue weighted by molar-refractivity contribution is 0.546. The standard InChI is InChI=1S/C14H14N4O/c1-9(2)18-13-11(8-15-18)14(19)17-12(16-13)10-6-4-3-5-7-10/h3-9H,1-2H3,(H,16,17,19). The maximum absolute atomic E-state index is 12.1. The van der Waals surface area contributed by atoms with Crippen LogP contribution in [0.1, 0.15) is 19.9 Å². The summed E-state index contributed by atoms with van der Waals surface area (Å²) in [5, 5.41) is 4.75. The summed E-state index contributed by atoms with van der Waals surface area (Å²) in [6, 6.07) is 9.76. The third-order valence-corrected chi connectivity index (χ3v) is 3.00. The fourth-order valence-corrected chi connectivity index (χ4v) is 2.05. The van der Waals surface area contributed by atoms with Crippen molar-refractivity contribution >= 4 is 11.0 Å². The van der Waals surface area contributed by atoms with E-state index in [1.807, 2.05) is 44.2 Å². The van der Waals surface area contributed by atoms with Crippen LogP contribution in [0.5, 0.6) is 0 Å². The van der Waals surface area contributed by atoms with Crippen LogP contribution in [0.15, 0.2) is 41.3 Å². The number of nitrogens with one attached hydrogen (secondary N) is 1.